The number of hydrogen-bond acceptors (Lipinski definition) is 5. The number of morpholine rings is 1. The molecule has 3 aliphatic heterocycles. The molecule has 8 heteroatoms. The molecule has 3 saturated heterocycles. The summed E-state index contributed by atoms with van der Waals surface area (Å²) in [6.45, 7) is 9.40. The number of benzene rings is 1. The minimum Gasteiger partial charge on any atom is -0.373 e. The molecular formula is C22H33N3O4S. The van der Waals surface area contributed by atoms with E-state index in [0.717, 1.165) is 45.6 Å². The van der Waals surface area contributed by atoms with Gasteiger partial charge < -0.3 is 9.64 Å². The van der Waals surface area contributed by atoms with Crippen molar-refractivity contribution >= 4 is 21.6 Å². The molecule has 3 fully saturated rings. The highest BCUT2D eigenvalue weighted by Crippen LogP contribution is 2.26. The molecule has 2 atom stereocenters. The van der Waals surface area contributed by atoms with Crippen LogP contribution in [0.15, 0.2) is 24.3 Å². The summed E-state index contributed by atoms with van der Waals surface area (Å²) in [7, 11) is -3.19. The van der Waals surface area contributed by atoms with Gasteiger partial charge in [-0.25, -0.2) is 8.42 Å². The summed E-state index contributed by atoms with van der Waals surface area (Å²) >= 11 is 0. The zero-order chi connectivity index (χ0) is 21.3. The first kappa shape index (κ1) is 21.6. The molecule has 4 rings (SSSR count). The van der Waals surface area contributed by atoms with Crippen LogP contribution in [-0.4, -0.2) is 81.4 Å². The molecule has 0 bridgehead atoms. The van der Waals surface area contributed by atoms with Crippen LogP contribution in [0.1, 0.15) is 43.5 Å². The molecule has 2 unspecified atom stereocenters. The van der Waals surface area contributed by atoms with Gasteiger partial charge in [0.05, 0.1) is 23.6 Å². The number of likely N-dealkylation sites (tertiary alicyclic amines) is 1. The molecule has 1 aromatic carbocycles. The second-order valence-electron chi connectivity index (χ2n) is 9.00. The van der Waals surface area contributed by atoms with Crippen molar-refractivity contribution in [1.29, 1.82) is 0 Å². The molecule has 0 spiro atoms. The number of hydrogen-bond donors (Lipinski definition) is 0. The molecule has 1 aromatic rings. The highest BCUT2D eigenvalue weighted by atomic mass is 32.2. The number of carbonyl (C=O) groups excluding carboxylic acids is 1. The van der Waals surface area contributed by atoms with E-state index in [1.807, 2.05) is 4.90 Å². The predicted molar refractivity (Wildman–Crippen MR) is 117 cm³/mol. The highest BCUT2D eigenvalue weighted by molar-refractivity contribution is 7.93. The normalized spacial score (nSPS) is 28.1. The maximum Gasteiger partial charge on any atom is 0.253 e. The highest BCUT2D eigenvalue weighted by Gasteiger charge is 2.30. The third-order valence-corrected chi connectivity index (χ3v) is 8.28. The Morgan fingerprint density at radius 2 is 1.67 bits per heavy atom. The first-order valence-electron chi connectivity index (χ1n) is 11.1. The fraction of sp³-hybridized carbons (Fsp3) is 0.682. The first-order chi connectivity index (χ1) is 14.3. The third-order valence-electron chi connectivity index (χ3n) is 6.41. The summed E-state index contributed by atoms with van der Waals surface area (Å²) in [4.78, 5) is 17.3. The lowest BCUT2D eigenvalue weighted by Crippen LogP contribution is -2.48. The zero-order valence-corrected chi connectivity index (χ0v) is 18.8. The van der Waals surface area contributed by atoms with Gasteiger partial charge in [-0.05, 0) is 63.3 Å². The molecule has 0 saturated carbocycles. The number of carbonyl (C=O) groups is 1. The Balaban J connectivity index is 1.30. The Labute approximate surface area is 180 Å². The molecule has 0 radical (unpaired) electrons. The molecule has 3 aliphatic rings. The van der Waals surface area contributed by atoms with Gasteiger partial charge in [0.15, 0.2) is 0 Å². The van der Waals surface area contributed by atoms with Crippen LogP contribution in [0.3, 0.4) is 0 Å². The van der Waals surface area contributed by atoms with Crippen molar-refractivity contribution in [2.75, 3.05) is 49.3 Å². The molecular weight excluding hydrogens is 402 g/mol. The van der Waals surface area contributed by atoms with E-state index < -0.39 is 10.0 Å². The first-order valence-corrected chi connectivity index (χ1v) is 12.7. The monoisotopic (exact) mass is 435 g/mol. The molecule has 0 aliphatic carbocycles. The second kappa shape index (κ2) is 8.85. The topological polar surface area (TPSA) is 70.2 Å². The van der Waals surface area contributed by atoms with Crippen molar-refractivity contribution in [3.05, 3.63) is 29.8 Å². The summed E-state index contributed by atoms with van der Waals surface area (Å²) in [5.41, 5.74) is 1.28. The number of nitrogens with zero attached hydrogens (tertiary/aromatic N) is 3. The Kier molecular flexibility index (Phi) is 6.36. The van der Waals surface area contributed by atoms with Gasteiger partial charge in [-0.1, -0.05) is 0 Å². The van der Waals surface area contributed by atoms with Crippen LogP contribution in [0.25, 0.3) is 0 Å². The average Bonchev–Trinajstić information content (AvgIpc) is 3.06. The van der Waals surface area contributed by atoms with Crippen LogP contribution in [0, 0.1) is 5.92 Å². The lowest BCUT2D eigenvalue weighted by Gasteiger charge is -2.39. The van der Waals surface area contributed by atoms with Crippen molar-refractivity contribution in [3.63, 3.8) is 0 Å². The number of rotatable bonds is 4. The molecule has 7 nitrogen and oxygen atoms in total. The van der Waals surface area contributed by atoms with Crippen molar-refractivity contribution in [2.24, 2.45) is 5.92 Å². The predicted octanol–water partition coefficient (Wildman–Crippen LogP) is 2.19. The van der Waals surface area contributed by atoms with Crippen LogP contribution in [-0.2, 0) is 14.8 Å². The van der Waals surface area contributed by atoms with Crippen molar-refractivity contribution in [2.45, 2.75) is 45.3 Å². The lowest BCUT2D eigenvalue weighted by atomic mass is 9.95. The fourth-order valence-corrected chi connectivity index (χ4v) is 6.56. The van der Waals surface area contributed by atoms with E-state index >= 15 is 0 Å². The lowest BCUT2D eigenvalue weighted by molar-refractivity contribution is -0.0728. The SMILES string of the molecule is CC1CN(CC2CCN(C(=O)c3ccc(N4CCCS4(=O)=O)cc3)CC2)CC(C)O1. The van der Waals surface area contributed by atoms with Crippen LogP contribution in [0.5, 0.6) is 0 Å². The largest absolute Gasteiger partial charge is 0.373 e. The van der Waals surface area contributed by atoms with Gasteiger partial charge in [0.1, 0.15) is 0 Å². The zero-order valence-electron chi connectivity index (χ0n) is 18.0. The number of piperidine rings is 1. The number of sulfonamides is 1. The smallest absolute Gasteiger partial charge is 0.253 e. The number of anilines is 1. The molecule has 166 valence electrons. The van der Waals surface area contributed by atoms with E-state index in [2.05, 4.69) is 18.7 Å². The molecule has 1 amide bonds. The van der Waals surface area contributed by atoms with E-state index in [4.69, 9.17) is 4.74 Å². The molecule has 30 heavy (non-hydrogen) atoms. The van der Waals surface area contributed by atoms with Gasteiger partial charge in [-0.2, -0.15) is 0 Å². The van der Waals surface area contributed by atoms with E-state index in [1.165, 1.54) is 4.31 Å². The fourth-order valence-electron chi connectivity index (χ4n) is 5.00. The van der Waals surface area contributed by atoms with E-state index in [9.17, 15) is 13.2 Å². The number of amides is 1. The maximum atomic E-state index is 12.9. The summed E-state index contributed by atoms with van der Waals surface area (Å²) in [6.07, 6.45) is 3.27. The minimum atomic E-state index is -3.19. The standard InChI is InChI=1S/C22H33N3O4S/c1-17-14-23(15-18(2)29-17)16-19-8-11-24(12-9-19)22(26)20-4-6-21(7-5-20)25-10-3-13-30(25,27)28/h4-7,17-19H,3,8-16H2,1-2H3. The van der Waals surface area contributed by atoms with Crippen LogP contribution in [0.4, 0.5) is 5.69 Å². The quantitative estimate of drug-likeness (QED) is 0.725. The van der Waals surface area contributed by atoms with Crippen molar-refractivity contribution in [3.8, 4) is 0 Å². The van der Waals surface area contributed by atoms with E-state index in [1.54, 1.807) is 24.3 Å². The van der Waals surface area contributed by atoms with Crippen LogP contribution in [0.2, 0.25) is 0 Å². The van der Waals surface area contributed by atoms with Crippen molar-refractivity contribution in [1.82, 2.24) is 9.80 Å². The van der Waals surface area contributed by atoms with Gasteiger partial charge in [0.25, 0.3) is 5.91 Å². The van der Waals surface area contributed by atoms with Gasteiger partial charge in [-0.15, -0.1) is 0 Å². The Morgan fingerprint density at radius 3 is 2.23 bits per heavy atom. The van der Waals surface area contributed by atoms with E-state index in [-0.39, 0.29) is 23.9 Å². The van der Waals surface area contributed by atoms with Crippen LogP contribution >= 0.6 is 0 Å². The molecule has 0 aromatic heterocycles. The van der Waals surface area contributed by atoms with E-state index in [0.29, 0.717) is 30.1 Å². The number of ether oxygens (including phenoxy) is 1. The molecule has 3 heterocycles. The second-order valence-corrected chi connectivity index (χ2v) is 11.0. The van der Waals surface area contributed by atoms with Gasteiger partial charge in [0, 0.05) is 44.8 Å². The van der Waals surface area contributed by atoms with Gasteiger partial charge >= 0.3 is 0 Å². The average molecular weight is 436 g/mol. The maximum absolute atomic E-state index is 12.9. The summed E-state index contributed by atoms with van der Waals surface area (Å²) in [5, 5.41) is 0. The summed E-state index contributed by atoms with van der Waals surface area (Å²) in [5.74, 6) is 0.859. The minimum absolute atomic E-state index is 0.0397. The summed E-state index contributed by atoms with van der Waals surface area (Å²) in [6, 6.07) is 7.02. The Bertz CT molecular complexity index is 840. The van der Waals surface area contributed by atoms with Gasteiger partial charge in [-0.3, -0.25) is 14.0 Å². The Hall–Kier alpha value is -1.64. The molecule has 0 N–H and O–H groups in total. The Morgan fingerprint density at radius 1 is 1.03 bits per heavy atom. The summed E-state index contributed by atoms with van der Waals surface area (Å²) < 4.78 is 31.4. The van der Waals surface area contributed by atoms with Gasteiger partial charge in [0.2, 0.25) is 10.0 Å². The van der Waals surface area contributed by atoms with Crippen molar-refractivity contribution < 1.29 is 17.9 Å². The van der Waals surface area contributed by atoms with Crippen LogP contribution < -0.4 is 4.31 Å². The third kappa shape index (κ3) is 4.81.